The number of aromatic nitrogens is 1. The zero-order valence-electron chi connectivity index (χ0n) is 12.3. The number of benzene rings is 2. The van der Waals surface area contributed by atoms with Gasteiger partial charge in [-0.2, -0.15) is 4.31 Å². The first kappa shape index (κ1) is 14.8. The molecule has 0 aliphatic carbocycles. The summed E-state index contributed by atoms with van der Waals surface area (Å²) >= 11 is 6.08. The van der Waals surface area contributed by atoms with Crippen LogP contribution in [0.25, 0.3) is 10.9 Å². The van der Waals surface area contributed by atoms with E-state index in [1.165, 1.54) is 4.31 Å². The number of fused-ring (bicyclic) bond motifs is 3. The van der Waals surface area contributed by atoms with Crippen LogP contribution in [0.2, 0.25) is 5.02 Å². The summed E-state index contributed by atoms with van der Waals surface area (Å²) in [5.74, 6) is 0. The van der Waals surface area contributed by atoms with Crippen LogP contribution in [0.3, 0.4) is 0 Å². The first-order chi connectivity index (χ1) is 11.1. The molecule has 0 fully saturated rings. The predicted molar refractivity (Wildman–Crippen MR) is 91.0 cm³/mol. The van der Waals surface area contributed by atoms with Gasteiger partial charge in [-0.25, -0.2) is 8.42 Å². The van der Waals surface area contributed by atoms with E-state index < -0.39 is 10.0 Å². The van der Waals surface area contributed by atoms with Crippen molar-refractivity contribution in [2.24, 2.45) is 0 Å². The van der Waals surface area contributed by atoms with Gasteiger partial charge in [-0.1, -0.05) is 41.9 Å². The van der Waals surface area contributed by atoms with Crippen LogP contribution in [-0.4, -0.2) is 23.8 Å². The molecule has 0 atom stereocenters. The van der Waals surface area contributed by atoms with Gasteiger partial charge in [0.15, 0.2) is 0 Å². The minimum Gasteiger partial charge on any atom is -0.342 e. The molecule has 4 rings (SSSR count). The van der Waals surface area contributed by atoms with Gasteiger partial charge in [0, 0.05) is 24.3 Å². The Hall–Kier alpha value is -1.82. The number of sulfonamides is 1. The number of hydrogen-bond acceptors (Lipinski definition) is 2. The molecular weight excluding hydrogens is 332 g/mol. The Morgan fingerprint density at radius 3 is 2.52 bits per heavy atom. The summed E-state index contributed by atoms with van der Waals surface area (Å²) < 4.78 is 29.4. The van der Waals surface area contributed by atoms with Gasteiger partial charge in [0.2, 0.25) is 10.0 Å². The summed E-state index contributed by atoms with van der Waals surface area (Å²) in [6.45, 7) is 1.45. The SMILES string of the molecule is O=S(=O)(c1ccccc1Cl)N1CCn2c(cc3ccccc32)C1. The number of para-hydroxylation sites is 1. The average molecular weight is 347 g/mol. The quantitative estimate of drug-likeness (QED) is 0.712. The molecule has 0 bridgehead atoms. The first-order valence-corrected chi connectivity index (χ1v) is 9.21. The van der Waals surface area contributed by atoms with Crippen molar-refractivity contribution in [2.75, 3.05) is 6.54 Å². The molecule has 1 aliphatic heterocycles. The van der Waals surface area contributed by atoms with Crippen molar-refractivity contribution in [1.29, 1.82) is 0 Å². The molecule has 0 spiro atoms. The Morgan fingerprint density at radius 2 is 1.70 bits per heavy atom. The van der Waals surface area contributed by atoms with Gasteiger partial charge in [0.05, 0.1) is 11.6 Å². The zero-order chi connectivity index (χ0) is 16.0. The maximum atomic E-state index is 12.9. The molecule has 0 saturated carbocycles. The third-order valence-electron chi connectivity index (χ3n) is 4.26. The normalized spacial score (nSPS) is 15.7. The van der Waals surface area contributed by atoms with Crippen LogP contribution in [0.1, 0.15) is 5.69 Å². The molecule has 0 unspecified atom stereocenters. The number of halogens is 1. The summed E-state index contributed by atoms with van der Waals surface area (Å²) in [5.41, 5.74) is 2.16. The molecule has 0 amide bonds. The van der Waals surface area contributed by atoms with Gasteiger partial charge < -0.3 is 4.57 Å². The molecule has 2 heterocycles. The van der Waals surface area contributed by atoms with E-state index in [9.17, 15) is 8.42 Å². The van der Waals surface area contributed by atoms with Crippen molar-refractivity contribution in [1.82, 2.24) is 8.87 Å². The standard InChI is InChI=1S/C17H15ClN2O2S/c18-15-6-2-4-8-17(15)23(21,22)19-9-10-20-14(12-19)11-13-5-1-3-7-16(13)20/h1-8,11H,9-10,12H2. The third-order valence-corrected chi connectivity index (χ3v) is 6.61. The van der Waals surface area contributed by atoms with Crippen molar-refractivity contribution < 1.29 is 8.42 Å². The molecule has 0 saturated heterocycles. The van der Waals surface area contributed by atoms with Crippen LogP contribution in [0, 0.1) is 0 Å². The summed E-state index contributed by atoms with van der Waals surface area (Å²) in [5, 5.41) is 1.40. The van der Waals surface area contributed by atoms with Gasteiger partial charge in [0.25, 0.3) is 0 Å². The van der Waals surface area contributed by atoms with E-state index in [4.69, 9.17) is 11.6 Å². The van der Waals surface area contributed by atoms with Gasteiger partial charge >= 0.3 is 0 Å². The highest BCUT2D eigenvalue weighted by Crippen LogP contribution is 2.29. The second kappa shape index (κ2) is 5.37. The van der Waals surface area contributed by atoms with Gasteiger partial charge in [-0.05, 0) is 29.7 Å². The molecule has 23 heavy (non-hydrogen) atoms. The van der Waals surface area contributed by atoms with Crippen molar-refractivity contribution >= 4 is 32.5 Å². The fourth-order valence-corrected chi connectivity index (χ4v) is 5.03. The average Bonchev–Trinajstić information content (AvgIpc) is 2.92. The lowest BCUT2D eigenvalue weighted by atomic mass is 10.2. The molecule has 6 heteroatoms. The molecular formula is C17H15ClN2O2S. The fraction of sp³-hybridized carbons (Fsp3) is 0.176. The maximum absolute atomic E-state index is 12.9. The highest BCUT2D eigenvalue weighted by molar-refractivity contribution is 7.89. The number of hydrogen-bond donors (Lipinski definition) is 0. The van der Waals surface area contributed by atoms with E-state index in [1.54, 1.807) is 24.3 Å². The molecule has 3 aromatic rings. The van der Waals surface area contributed by atoms with E-state index in [2.05, 4.69) is 16.7 Å². The fourth-order valence-electron chi connectivity index (χ4n) is 3.13. The van der Waals surface area contributed by atoms with Crippen molar-refractivity contribution in [3.05, 3.63) is 65.3 Å². The van der Waals surface area contributed by atoms with Crippen molar-refractivity contribution in [2.45, 2.75) is 18.0 Å². The highest BCUT2D eigenvalue weighted by Gasteiger charge is 2.30. The highest BCUT2D eigenvalue weighted by atomic mass is 35.5. The van der Waals surface area contributed by atoms with E-state index >= 15 is 0 Å². The van der Waals surface area contributed by atoms with Gasteiger partial charge in [-0.15, -0.1) is 0 Å². The molecule has 1 aliphatic rings. The number of rotatable bonds is 2. The Labute approximate surface area is 140 Å². The number of nitrogens with zero attached hydrogens (tertiary/aromatic N) is 2. The molecule has 0 N–H and O–H groups in total. The molecule has 118 valence electrons. The minimum atomic E-state index is -3.58. The van der Waals surface area contributed by atoms with E-state index in [-0.39, 0.29) is 9.92 Å². The van der Waals surface area contributed by atoms with Gasteiger partial charge in [-0.3, -0.25) is 0 Å². The Balaban J connectivity index is 1.74. The Bertz CT molecular complexity index is 995. The Kier molecular flexibility index (Phi) is 3.44. The lowest BCUT2D eigenvalue weighted by Crippen LogP contribution is -2.38. The lowest BCUT2D eigenvalue weighted by Gasteiger charge is -2.28. The minimum absolute atomic E-state index is 0.172. The molecule has 2 aromatic carbocycles. The summed E-state index contributed by atoms with van der Waals surface area (Å²) in [4.78, 5) is 0.172. The van der Waals surface area contributed by atoms with Crippen LogP contribution < -0.4 is 0 Å². The third kappa shape index (κ3) is 2.36. The van der Waals surface area contributed by atoms with E-state index in [0.29, 0.717) is 19.6 Å². The lowest BCUT2D eigenvalue weighted by molar-refractivity contribution is 0.345. The van der Waals surface area contributed by atoms with Gasteiger partial charge in [0.1, 0.15) is 4.90 Å². The Morgan fingerprint density at radius 1 is 0.957 bits per heavy atom. The van der Waals surface area contributed by atoms with Crippen LogP contribution in [0.15, 0.2) is 59.5 Å². The summed E-state index contributed by atoms with van der Waals surface area (Å²) in [7, 11) is -3.58. The molecule has 0 radical (unpaired) electrons. The largest absolute Gasteiger partial charge is 0.342 e. The summed E-state index contributed by atoms with van der Waals surface area (Å²) in [6, 6.07) is 16.8. The molecule has 1 aromatic heterocycles. The molecule has 4 nitrogen and oxygen atoms in total. The first-order valence-electron chi connectivity index (χ1n) is 7.39. The van der Waals surface area contributed by atoms with Crippen LogP contribution >= 0.6 is 11.6 Å². The topological polar surface area (TPSA) is 42.3 Å². The monoisotopic (exact) mass is 346 g/mol. The van der Waals surface area contributed by atoms with Crippen molar-refractivity contribution in [3.63, 3.8) is 0 Å². The summed E-state index contributed by atoms with van der Waals surface area (Å²) in [6.07, 6.45) is 0. The second-order valence-electron chi connectivity index (χ2n) is 5.62. The van der Waals surface area contributed by atoms with Crippen molar-refractivity contribution in [3.8, 4) is 0 Å². The van der Waals surface area contributed by atoms with E-state index in [1.807, 2.05) is 18.2 Å². The van der Waals surface area contributed by atoms with Crippen LogP contribution in [-0.2, 0) is 23.1 Å². The predicted octanol–water partition coefficient (Wildman–Crippen LogP) is 3.50. The smallest absolute Gasteiger partial charge is 0.244 e. The maximum Gasteiger partial charge on any atom is 0.244 e. The van der Waals surface area contributed by atoms with E-state index in [0.717, 1.165) is 16.6 Å². The van der Waals surface area contributed by atoms with Crippen LogP contribution in [0.4, 0.5) is 0 Å². The zero-order valence-corrected chi connectivity index (χ0v) is 13.9. The van der Waals surface area contributed by atoms with Crippen LogP contribution in [0.5, 0.6) is 0 Å². The second-order valence-corrected chi connectivity index (χ2v) is 7.93.